The summed E-state index contributed by atoms with van der Waals surface area (Å²) in [5.74, 6) is 0.354. The van der Waals surface area contributed by atoms with Crippen LogP contribution in [-0.4, -0.2) is 17.3 Å². The second-order valence-corrected chi connectivity index (χ2v) is 2.44. The lowest BCUT2D eigenvalue weighted by Crippen LogP contribution is -2.28. The molecule has 2 atom stereocenters. The van der Waals surface area contributed by atoms with Crippen LogP contribution >= 0.6 is 0 Å². The molecule has 2 nitrogen and oxygen atoms in total. The van der Waals surface area contributed by atoms with Crippen LogP contribution in [0, 0.1) is 5.92 Å². The topological polar surface area (TPSA) is 46.2 Å². The first-order valence-corrected chi connectivity index (χ1v) is 2.75. The molecule has 0 amide bonds. The predicted octanol–water partition coefficient (Wildman–Crippen LogP) is -0.118. The minimum absolute atomic E-state index is 0.0870. The molecule has 46 valence electrons. The zero-order valence-electron chi connectivity index (χ0n) is 4.80. The molecule has 1 saturated carbocycles. The van der Waals surface area contributed by atoms with E-state index in [1.807, 2.05) is 0 Å². The minimum atomic E-state index is -0.304. The average molecular weight is 113 g/mol. The molecule has 0 bridgehead atoms. The summed E-state index contributed by atoms with van der Waals surface area (Å²) in [5, 5.41) is 8.59. The van der Waals surface area contributed by atoms with E-state index in [-0.39, 0.29) is 12.1 Å². The van der Waals surface area contributed by atoms with Crippen LogP contribution in [-0.2, 0) is 0 Å². The zero-order chi connectivity index (χ0) is 6.20. The average Bonchev–Trinajstić information content (AvgIpc) is 2.44. The second-order valence-electron chi connectivity index (χ2n) is 2.44. The summed E-state index contributed by atoms with van der Waals surface area (Å²) in [6, 6.07) is 0. The zero-order valence-corrected chi connectivity index (χ0v) is 4.80. The van der Waals surface area contributed by atoms with Crippen molar-refractivity contribution in [2.75, 3.05) is 6.61 Å². The van der Waals surface area contributed by atoms with Crippen molar-refractivity contribution in [1.82, 2.24) is 0 Å². The van der Waals surface area contributed by atoms with Crippen LogP contribution < -0.4 is 5.73 Å². The largest absolute Gasteiger partial charge is 0.394 e. The predicted molar refractivity (Wildman–Crippen MR) is 32.3 cm³/mol. The van der Waals surface area contributed by atoms with E-state index < -0.39 is 0 Å². The first-order valence-electron chi connectivity index (χ1n) is 2.75. The van der Waals surface area contributed by atoms with Crippen molar-refractivity contribution in [1.29, 1.82) is 0 Å². The molecule has 0 aromatic carbocycles. The van der Waals surface area contributed by atoms with Gasteiger partial charge >= 0.3 is 0 Å². The van der Waals surface area contributed by atoms with Crippen LogP contribution in [0.5, 0.6) is 0 Å². The van der Waals surface area contributed by atoms with Gasteiger partial charge in [-0.3, -0.25) is 0 Å². The number of hydrogen-bond acceptors (Lipinski definition) is 2. The van der Waals surface area contributed by atoms with Crippen molar-refractivity contribution >= 4 is 0 Å². The third kappa shape index (κ3) is 0.659. The molecule has 0 aromatic heterocycles. The molecule has 1 aliphatic rings. The van der Waals surface area contributed by atoms with E-state index >= 15 is 0 Å². The van der Waals surface area contributed by atoms with Crippen LogP contribution in [0.4, 0.5) is 0 Å². The van der Waals surface area contributed by atoms with Gasteiger partial charge in [-0.2, -0.15) is 0 Å². The monoisotopic (exact) mass is 113 g/mol. The SMILES string of the molecule is C=CC1CC1(N)CO. The van der Waals surface area contributed by atoms with Crippen molar-refractivity contribution in [2.45, 2.75) is 12.0 Å². The Hall–Kier alpha value is -0.340. The van der Waals surface area contributed by atoms with Gasteiger partial charge in [0.25, 0.3) is 0 Å². The molecule has 0 saturated heterocycles. The molecule has 2 unspecified atom stereocenters. The van der Waals surface area contributed by atoms with Gasteiger partial charge in [-0.05, 0) is 12.3 Å². The highest BCUT2D eigenvalue weighted by atomic mass is 16.3. The summed E-state index contributed by atoms with van der Waals surface area (Å²) in [5.41, 5.74) is 5.28. The summed E-state index contributed by atoms with van der Waals surface area (Å²) < 4.78 is 0. The van der Waals surface area contributed by atoms with Crippen LogP contribution in [0.1, 0.15) is 6.42 Å². The Kier molecular flexibility index (Phi) is 1.14. The van der Waals surface area contributed by atoms with E-state index in [0.717, 1.165) is 6.42 Å². The molecule has 0 spiro atoms. The standard InChI is InChI=1S/C6H11NO/c1-2-5-3-6(5,7)4-8/h2,5,8H,1,3-4,7H2. The summed E-state index contributed by atoms with van der Waals surface area (Å²) in [6.07, 6.45) is 2.70. The second kappa shape index (κ2) is 1.57. The molecule has 0 heterocycles. The van der Waals surface area contributed by atoms with E-state index in [4.69, 9.17) is 10.8 Å². The highest BCUT2D eigenvalue weighted by Crippen LogP contribution is 2.40. The maximum atomic E-state index is 8.59. The normalized spacial score (nSPS) is 44.0. The lowest BCUT2D eigenvalue weighted by Gasteiger charge is -2.01. The van der Waals surface area contributed by atoms with Crippen LogP contribution in [0.25, 0.3) is 0 Å². The first kappa shape index (κ1) is 5.79. The Balaban J connectivity index is 2.42. The summed E-state index contributed by atoms with van der Waals surface area (Å²) in [6.45, 7) is 3.66. The van der Waals surface area contributed by atoms with Crippen LogP contribution in [0.3, 0.4) is 0 Å². The Bertz CT molecular complexity index is 113. The third-order valence-electron chi connectivity index (χ3n) is 1.76. The van der Waals surface area contributed by atoms with Crippen molar-refractivity contribution < 1.29 is 5.11 Å². The van der Waals surface area contributed by atoms with Crippen LogP contribution in [0.15, 0.2) is 12.7 Å². The van der Waals surface area contributed by atoms with E-state index in [2.05, 4.69) is 6.58 Å². The molecule has 0 aliphatic heterocycles. The first-order chi connectivity index (χ1) is 3.73. The van der Waals surface area contributed by atoms with Gasteiger partial charge in [0.1, 0.15) is 0 Å². The number of aliphatic hydroxyl groups excluding tert-OH is 1. The fourth-order valence-corrected chi connectivity index (χ4v) is 0.850. The van der Waals surface area contributed by atoms with Gasteiger partial charge < -0.3 is 10.8 Å². The maximum Gasteiger partial charge on any atom is 0.0617 e. The third-order valence-corrected chi connectivity index (χ3v) is 1.76. The molecule has 8 heavy (non-hydrogen) atoms. The number of hydrogen-bond donors (Lipinski definition) is 2. The van der Waals surface area contributed by atoms with Gasteiger partial charge in [-0.1, -0.05) is 6.08 Å². The number of nitrogens with two attached hydrogens (primary N) is 1. The molecule has 0 aromatic rings. The van der Waals surface area contributed by atoms with E-state index in [9.17, 15) is 0 Å². The molecule has 1 aliphatic carbocycles. The lowest BCUT2D eigenvalue weighted by atomic mass is 10.2. The summed E-state index contributed by atoms with van der Waals surface area (Å²) >= 11 is 0. The van der Waals surface area contributed by atoms with Gasteiger partial charge in [0.15, 0.2) is 0 Å². The molecule has 1 fully saturated rings. The van der Waals surface area contributed by atoms with Crippen molar-refractivity contribution in [2.24, 2.45) is 11.7 Å². The van der Waals surface area contributed by atoms with Crippen molar-refractivity contribution in [3.63, 3.8) is 0 Å². The van der Waals surface area contributed by atoms with Gasteiger partial charge in [0.05, 0.1) is 6.61 Å². The Morgan fingerprint density at radius 2 is 2.62 bits per heavy atom. The van der Waals surface area contributed by atoms with Crippen LogP contribution in [0.2, 0.25) is 0 Å². The Morgan fingerprint density at radius 1 is 2.00 bits per heavy atom. The van der Waals surface area contributed by atoms with E-state index in [1.165, 1.54) is 0 Å². The Labute approximate surface area is 49.0 Å². The smallest absolute Gasteiger partial charge is 0.0617 e. The molecular formula is C6H11NO. The molecular weight excluding hydrogens is 102 g/mol. The van der Waals surface area contributed by atoms with Gasteiger partial charge in [0.2, 0.25) is 0 Å². The van der Waals surface area contributed by atoms with Gasteiger partial charge in [-0.25, -0.2) is 0 Å². The van der Waals surface area contributed by atoms with E-state index in [1.54, 1.807) is 6.08 Å². The van der Waals surface area contributed by atoms with Crippen molar-refractivity contribution in [3.8, 4) is 0 Å². The van der Waals surface area contributed by atoms with Crippen molar-refractivity contribution in [3.05, 3.63) is 12.7 Å². The van der Waals surface area contributed by atoms with E-state index in [0.29, 0.717) is 5.92 Å². The highest BCUT2D eigenvalue weighted by Gasteiger charge is 2.48. The summed E-state index contributed by atoms with van der Waals surface area (Å²) in [7, 11) is 0. The van der Waals surface area contributed by atoms with Gasteiger partial charge in [0, 0.05) is 5.54 Å². The number of rotatable bonds is 2. The summed E-state index contributed by atoms with van der Waals surface area (Å²) in [4.78, 5) is 0. The fraction of sp³-hybridized carbons (Fsp3) is 0.667. The number of aliphatic hydroxyl groups is 1. The van der Waals surface area contributed by atoms with Gasteiger partial charge in [-0.15, -0.1) is 6.58 Å². The fourth-order valence-electron chi connectivity index (χ4n) is 0.850. The minimum Gasteiger partial charge on any atom is -0.394 e. The quantitative estimate of drug-likeness (QED) is 0.490. The lowest BCUT2D eigenvalue weighted by molar-refractivity contribution is 0.251. The molecule has 2 heteroatoms. The molecule has 3 N–H and O–H groups in total. The maximum absolute atomic E-state index is 8.59. The highest BCUT2D eigenvalue weighted by molar-refractivity contribution is 5.14. The Morgan fingerprint density at radius 3 is 2.75 bits per heavy atom. The molecule has 1 rings (SSSR count). The molecule has 0 radical (unpaired) electrons.